The van der Waals surface area contributed by atoms with Crippen LogP contribution in [0.1, 0.15) is 26.3 Å². The van der Waals surface area contributed by atoms with Crippen molar-refractivity contribution < 1.29 is 0 Å². The summed E-state index contributed by atoms with van der Waals surface area (Å²) in [6.45, 7) is 4.32. The first kappa shape index (κ1) is 11.1. The number of hydrogen-bond acceptors (Lipinski definition) is 2. The van der Waals surface area contributed by atoms with E-state index < -0.39 is 0 Å². The molecule has 0 spiro atoms. The Hall–Kier alpha value is -0.960. The number of anilines is 1. The van der Waals surface area contributed by atoms with E-state index >= 15 is 0 Å². The van der Waals surface area contributed by atoms with Crippen LogP contribution < -0.4 is 11.3 Å². The van der Waals surface area contributed by atoms with Gasteiger partial charge in [-0.1, -0.05) is 13.8 Å². The summed E-state index contributed by atoms with van der Waals surface area (Å²) in [5.74, 6) is 0. The van der Waals surface area contributed by atoms with E-state index in [1.807, 2.05) is 12.3 Å². The van der Waals surface area contributed by atoms with Gasteiger partial charge in [0.2, 0.25) is 0 Å². The third-order valence-electron chi connectivity index (χ3n) is 2.80. The highest BCUT2D eigenvalue weighted by atomic mass is 35.5. The van der Waals surface area contributed by atoms with Gasteiger partial charge in [-0.3, -0.25) is 4.79 Å². The lowest BCUT2D eigenvalue weighted by Crippen LogP contribution is -2.22. The average molecular weight is 215 g/mol. The Labute approximate surface area is 89.3 Å². The second-order valence-electron chi connectivity index (χ2n) is 4.38. The SMILES string of the molecule is CC1(C)CC1n1cccc(N)c1=O.Cl. The van der Waals surface area contributed by atoms with Crippen LogP contribution >= 0.6 is 12.4 Å². The summed E-state index contributed by atoms with van der Waals surface area (Å²) in [6, 6.07) is 3.81. The lowest BCUT2D eigenvalue weighted by atomic mass is 10.2. The molecule has 0 aliphatic heterocycles. The summed E-state index contributed by atoms with van der Waals surface area (Å²) >= 11 is 0. The lowest BCUT2D eigenvalue weighted by molar-refractivity contribution is 0.531. The molecule has 2 rings (SSSR count). The third-order valence-corrected chi connectivity index (χ3v) is 2.80. The number of aromatic nitrogens is 1. The Morgan fingerprint density at radius 3 is 2.64 bits per heavy atom. The summed E-state index contributed by atoms with van der Waals surface area (Å²) in [5.41, 5.74) is 6.08. The first-order chi connectivity index (χ1) is 6.02. The van der Waals surface area contributed by atoms with Gasteiger partial charge < -0.3 is 10.3 Å². The molecule has 1 atom stereocenters. The van der Waals surface area contributed by atoms with Gasteiger partial charge in [-0.05, 0) is 24.0 Å². The van der Waals surface area contributed by atoms with E-state index in [4.69, 9.17) is 5.73 Å². The van der Waals surface area contributed by atoms with Crippen LogP contribution in [0.15, 0.2) is 23.1 Å². The minimum Gasteiger partial charge on any atom is -0.394 e. The van der Waals surface area contributed by atoms with Crippen molar-refractivity contribution in [3.63, 3.8) is 0 Å². The number of rotatable bonds is 1. The smallest absolute Gasteiger partial charge is 0.273 e. The molecule has 78 valence electrons. The van der Waals surface area contributed by atoms with E-state index in [0.717, 1.165) is 6.42 Å². The molecule has 1 aromatic heterocycles. The van der Waals surface area contributed by atoms with Gasteiger partial charge in [0, 0.05) is 12.2 Å². The maximum absolute atomic E-state index is 11.6. The van der Waals surface area contributed by atoms with Gasteiger partial charge in [-0.2, -0.15) is 0 Å². The molecule has 14 heavy (non-hydrogen) atoms. The van der Waals surface area contributed by atoms with Crippen molar-refractivity contribution in [1.29, 1.82) is 0 Å². The minimum atomic E-state index is -0.0573. The van der Waals surface area contributed by atoms with Gasteiger partial charge in [0.05, 0.1) is 5.69 Å². The van der Waals surface area contributed by atoms with Crippen LogP contribution in [0.3, 0.4) is 0 Å². The average Bonchev–Trinajstić information content (AvgIpc) is 2.66. The van der Waals surface area contributed by atoms with Crippen molar-refractivity contribution in [1.82, 2.24) is 4.57 Å². The normalized spacial score (nSPS) is 22.6. The topological polar surface area (TPSA) is 48.0 Å². The Morgan fingerprint density at radius 1 is 1.57 bits per heavy atom. The quantitative estimate of drug-likeness (QED) is 0.776. The molecule has 4 heteroatoms. The summed E-state index contributed by atoms with van der Waals surface area (Å²) in [7, 11) is 0. The largest absolute Gasteiger partial charge is 0.394 e. The van der Waals surface area contributed by atoms with Gasteiger partial charge in [0.25, 0.3) is 5.56 Å². The molecule has 1 heterocycles. The van der Waals surface area contributed by atoms with Crippen molar-refractivity contribution in [2.45, 2.75) is 26.3 Å². The van der Waals surface area contributed by atoms with E-state index in [0.29, 0.717) is 11.7 Å². The molecule has 0 bridgehead atoms. The number of pyridine rings is 1. The lowest BCUT2D eigenvalue weighted by Gasteiger charge is -2.07. The molecule has 1 unspecified atom stereocenters. The molecule has 1 fully saturated rings. The zero-order chi connectivity index (χ0) is 9.64. The molecular weight excluding hydrogens is 200 g/mol. The van der Waals surface area contributed by atoms with Crippen molar-refractivity contribution in [2.75, 3.05) is 5.73 Å². The Balaban J connectivity index is 0.000000980. The van der Waals surface area contributed by atoms with Crippen molar-refractivity contribution in [2.24, 2.45) is 5.41 Å². The maximum Gasteiger partial charge on any atom is 0.273 e. The highest BCUT2D eigenvalue weighted by molar-refractivity contribution is 5.85. The standard InChI is InChI=1S/C10H14N2O.ClH/c1-10(2)6-8(10)12-5-3-4-7(11)9(12)13;/h3-5,8H,6,11H2,1-2H3;1H. The van der Waals surface area contributed by atoms with E-state index in [2.05, 4.69) is 13.8 Å². The summed E-state index contributed by atoms with van der Waals surface area (Å²) in [4.78, 5) is 11.6. The minimum absolute atomic E-state index is 0. The molecule has 0 amide bonds. The fourth-order valence-corrected chi connectivity index (χ4v) is 1.69. The van der Waals surface area contributed by atoms with Gasteiger partial charge in [0.15, 0.2) is 0 Å². The number of nitrogen functional groups attached to an aromatic ring is 1. The van der Waals surface area contributed by atoms with Gasteiger partial charge >= 0.3 is 0 Å². The monoisotopic (exact) mass is 214 g/mol. The molecule has 1 aliphatic carbocycles. The summed E-state index contributed by atoms with van der Waals surface area (Å²) < 4.78 is 1.75. The van der Waals surface area contributed by atoms with Crippen molar-refractivity contribution in [3.05, 3.63) is 28.7 Å². The van der Waals surface area contributed by atoms with E-state index in [9.17, 15) is 4.79 Å². The molecule has 3 nitrogen and oxygen atoms in total. The predicted molar refractivity (Wildman–Crippen MR) is 59.8 cm³/mol. The number of hydrogen-bond donors (Lipinski definition) is 1. The van der Waals surface area contributed by atoms with Gasteiger partial charge in [-0.25, -0.2) is 0 Å². The molecule has 0 aromatic carbocycles. The van der Waals surface area contributed by atoms with E-state index in [1.165, 1.54) is 0 Å². The molecule has 1 aromatic rings. The summed E-state index contributed by atoms with van der Waals surface area (Å²) in [5, 5.41) is 0. The molecule has 2 N–H and O–H groups in total. The van der Waals surface area contributed by atoms with E-state index in [1.54, 1.807) is 10.6 Å². The van der Waals surface area contributed by atoms with Crippen LogP contribution in [0.4, 0.5) is 5.69 Å². The second kappa shape index (κ2) is 3.31. The van der Waals surface area contributed by atoms with E-state index in [-0.39, 0.29) is 23.4 Å². The number of halogens is 1. The molecule has 0 saturated heterocycles. The Bertz CT molecular complexity index is 397. The van der Waals surface area contributed by atoms with Gasteiger partial charge in [-0.15, -0.1) is 12.4 Å². The molecule has 1 saturated carbocycles. The fraction of sp³-hybridized carbons (Fsp3) is 0.500. The van der Waals surface area contributed by atoms with Crippen LogP contribution in [0.25, 0.3) is 0 Å². The van der Waals surface area contributed by atoms with Crippen molar-refractivity contribution >= 4 is 18.1 Å². The number of nitrogens with zero attached hydrogens (tertiary/aromatic N) is 1. The Morgan fingerprint density at radius 2 is 2.14 bits per heavy atom. The predicted octanol–water partition coefficient (Wildman–Crippen LogP) is 1.82. The van der Waals surface area contributed by atoms with Crippen LogP contribution in [-0.4, -0.2) is 4.57 Å². The van der Waals surface area contributed by atoms with Crippen molar-refractivity contribution in [3.8, 4) is 0 Å². The first-order valence-electron chi connectivity index (χ1n) is 4.49. The number of nitrogens with two attached hydrogens (primary N) is 1. The maximum atomic E-state index is 11.6. The van der Waals surface area contributed by atoms with Crippen LogP contribution in [0, 0.1) is 5.41 Å². The third kappa shape index (κ3) is 1.64. The zero-order valence-electron chi connectivity index (χ0n) is 8.36. The van der Waals surface area contributed by atoms with Crippen LogP contribution in [-0.2, 0) is 0 Å². The highest BCUT2D eigenvalue weighted by Gasteiger charge is 2.47. The molecule has 1 aliphatic rings. The molecular formula is C10H15ClN2O. The highest BCUT2D eigenvalue weighted by Crippen LogP contribution is 2.54. The van der Waals surface area contributed by atoms with Crippen LogP contribution in [0.2, 0.25) is 0 Å². The second-order valence-corrected chi connectivity index (χ2v) is 4.38. The summed E-state index contributed by atoms with van der Waals surface area (Å²) in [6.07, 6.45) is 2.88. The molecule has 0 radical (unpaired) electrons. The Kier molecular flexibility index (Phi) is 2.63. The first-order valence-corrected chi connectivity index (χ1v) is 4.49. The fourth-order valence-electron chi connectivity index (χ4n) is 1.69. The zero-order valence-corrected chi connectivity index (χ0v) is 9.17. The van der Waals surface area contributed by atoms with Crippen LogP contribution in [0.5, 0.6) is 0 Å². The van der Waals surface area contributed by atoms with Gasteiger partial charge in [0.1, 0.15) is 0 Å².